The summed E-state index contributed by atoms with van der Waals surface area (Å²) in [6.45, 7) is 0. The number of nitrogens with zero attached hydrogens (tertiary/aromatic N) is 1. The number of hydrogen-bond acceptors (Lipinski definition) is 1. The highest BCUT2D eigenvalue weighted by Crippen LogP contribution is 2.16. The second-order valence-corrected chi connectivity index (χ2v) is 3.48. The number of hydrogen-bond donors (Lipinski definition) is 1. The van der Waals surface area contributed by atoms with E-state index in [-0.39, 0.29) is 0 Å². The third-order valence-electron chi connectivity index (χ3n) is 1.93. The maximum atomic E-state index is 4.00. The molecule has 0 radical (unpaired) electrons. The molecule has 0 aliphatic rings. The Labute approximate surface area is 79.1 Å². The zero-order valence-electron chi connectivity index (χ0n) is 6.55. The van der Waals surface area contributed by atoms with E-state index in [9.17, 15) is 0 Å². The van der Waals surface area contributed by atoms with Crippen LogP contribution in [0.1, 0.15) is 5.56 Å². The molecule has 1 heterocycles. The first-order chi connectivity index (χ1) is 5.92. The van der Waals surface area contributed by atoms with Gasteiger partial charge >= 0.3 is 0 Å². The normalized spacial score (nSPS) is 10.8. The second kappa shape index (κ2) is 3.27. The summed E-state index contributed by atoms with van der Waals surface area (Å²) in [5.41, 5.74) is 2.49. The minimum Gasteiger partial charge on any atom is -0.278 e. The van der Waals surface area contributed by atoms with Gasteiger partial charge in [-0.3, -0.25) is 5.10 Å². The van der Waals surface area contributed by atoms with E-state index in [1.807, 2.05) is 6.20 Å². The van der Waals surface area contributed by atoms with Gasteiger partial charge in [0.05, 0.1) is 11.7 Å². The quantitative estimate of drug-likeness (QED) is 0.781. The lowest BCUT2D eigenvalue weighted by Crippen LogP contribution is -1.86. The molecule has 0 spiro atoms. The fourth-order valence-electron chi connectivity index (χ4n) is 1.34. The number of H-pyrrole nitrogens is 1. The largest absolute Gasteiger partial charge is 0.278 e. The van der Waals surface area contributed by atoms with E-state index in [2.05, 4.69) is 44.3 Å². The molecular formula is C9H9BrN2. The van der Waals surface area contributed by atoms with Crippen molar-refractivity contribution in [3.63, 3.8) is 0 Å². The van der Waals surface area contributed by atoms with Crippen molar-refractivity contribution in [1.29, 1.82) is 0 Å². The molecule has 0 fully saturated rings. The highest BCUT2D eigenvalue weighted by Gasteiger charge is 2.00. The maximum Gasteiger partial charge on any atom is 0.0682 e. The van der Waals surface area contributed by atoms with Crippen molar-refractivity contribution < 1.29 is 0 Å². The van der Waals surface area contributed by atoms with Gasteiger partial charge in [0.1, 0.15) is 0 Å². The molecule has 1 aromatic heterocycles. The van der Waals surface area contributed by atoms with Crippen molar-refractivity contribution in [3.8, 4) is 0 Å². The van der Waals surface area contributed by atoms with Crippen molar-refractivity contribution in [2.45, 2.75) is 6.42 Å². The Morgan fingerprint density at radius 2 is 2.33 bits per heavy atom. The SMILES string of the molecule is BrCCc1cccc2cn[nH]c12. The van der Waals surface area contributed by atoms with Gasteiger partial charge in [0.2, 0.25) is 0 Å². The Hall–Kier alpha value is -0.830. The average molecular weight is 225 g/mol. The number of para-hydroxylation sites is 1. The van der Waals surface area contributed by atoms with Crippen LogP contribution in [0.2, 0.25) is 0 Å². The third kappa shape index (κ3) is 1.25. The molecule has 3 heteroatoms. The molecule has 12 heavy (non-hydrogen) atoms. The Morgan fingerprint density at radius 3 is 3.17 bits per heavy atom. The number of halogens is 1. The van der Waals surface area contributed by atoms with E-state index in [4.69, 9.17) is 0 Å². The Bertz CT molecular complexity index is 381. The summed E-state index contributed by atoms with van der Waals surface area (Å²) in [6.07, 6.45) is 2.90. The van der Waals surface area contributed by atoms with E-state index >= 15 is 0 Å². The van der Waals surface area contributed by atoms with Crippen LogP contribution in [0.15, 0.2) is 24.4 Å². The molecule has 0 amide bonds. The van der Waals surface area contributed by atoms with Crippen LogP contribution >= 0.6 is 15.9 Å². The van der Waals surface area contributed by atoms with E-state index in [0.29, 0.717) is 0 Å². The minimum atomic E-state index is 0.991. The smallest absolute Gasteiger partial charge is 0.0682 e. The average Bonchev–Trinajstić information content (AvgIpc) is 2.53. The fourth-order valence-corrected chi connectivity index (χ4v) is 1.77. The van der Waals surface area contributed by atoms with E-state index < -0.39 is 0 Å². The number of alkyl halides is 1. The second-order valence-electron chi connectivity index (χ2n) is 2.69. The third-order valence-corrected chi connectivity index (χ3v) is 2.32. The van der Waals surface area contributed by atoms with Crippen LogP contribution in [-0.2, 0) is 6.42 Å². The monoisotopic (exact) mass is 224 g/mol. The van der Waals surface area contributed by atoms with E-state index in [1.54, 1.807) is 0 Å². The molecule has 2 nitrogen and oxygen atoms in total. The summed E-state index contributed by atoms with van der Waals surface area (Å²) in [7, 11) is 0. The topological polar surface area (TPSA) is 28.7 Å². The van der Waals surface area contributed by atoms with Crippen LogP contribution in [0.25, 0.3) is 10.9 Å². The van der Waals surface area contributed by atoms with Gasteiger partial charge in [-0.1, -0.05) is 34.1 Å². The number of aromatic amines is 1. The lowest BCUT2D eigenvalue weighted by molar-refractivity contribution is 1.09. The van der Waals surface area contributed by atoms with Gasteiger partial charge in [0, 0.05) is 10.7 Å². The highest BCUT2D eigenvalue weighted by atomic mass is 79.9. The maximum absolute atomic E-state index is 4.00. The highest BCUT2D eigenvalue weighted by molar-refractivity contribution is 9.09. The van der Waals surface area contributed by atoms with Crippen LogP contribution in [0.4, 0.5) is 0 Å². The summed E-state index contributed by atoms with van der Waals surface area (Å²) in [6, 6.07) is 6.26. The van der Waals surface area contributed by atoms with Gasteiger partial charge in [0.15, 0.2) is 0 Å². The molecule has 2 aromatic rings. The lowest BCUT2D eigenvalue weighted by atomic mass is 10.1. The molecule has 1 aromatic carbocycles. The van der Waals surface area contributed by atoms with Gasteiger partial charge < -0.3 is 0 Å². The summed E-state index contributed by atoms with van der Waals surface area (Å²) >= 11 is 3.43. The van der Waals surface area contributed by atoms with Crippen molar-refractivity contribution in [1.82, 2.24) is 10.2 Å². The molecule has 62 valence electrons. The van der Waals surface area contributed by atoms with Gasteiger partial charge in [-0.05, 0) is 12.0 Å². The first-order valence-electron chi connectivity index (χ1n) is 3.89. The number of benzene rings is 1. The van der Waals surface area contributed by atoms with Crippen LogP contribution < -0.4 is 0 Å². The van der Waals surface area contributed by atoms with Crippen molar-refractivity contribution in [2.24, 2.45) is 0 Å². The molecule has 0 saturated carbocycles. The van der Waals surface area contributed by atoms with E-state index in [1.165, 1.54) is 10.9 Å². The fraction of sp³-hybridized carbons (Fsp3) is 0.222. The van der Waals surface area contributed by atoms with Gasteiger partial charge in [0.25, 0.3) is 0 Å². The zero-order chi connectivity index (χ0) is 8.39. The van der Waals surface area contributed by atoms with Crippen LogP contribution in [0.5, 0.6) is 0 Å². The number of aromatic nitrogens is 2. The number of fused-ring (bicyclic) bond motifs is 1. The Morgan fingerprint density at radius 1 is 1.42 bits per heavy atom. The lowest BCUT2D eigenvalue weighted by Gasteiger charge is -1.98. The molecule has 2 rings (SSSR count). The minimum absolute atomic E-state index is 0.991. The number of aryl methyl sites for hydroxylation is 1. The molecule has 0 aliphatic heterocycles. The van der Waals surface area contributed by atoms with Gasteiger partial charge in [-0.2, -0.15) is 5.10 Å². The molecule has 0 unspecified atom stereocenters. The summed E-state index contributed by atoms with van der Waals surface area (Å²) in [5.74, 6) is 0. The van der Waals surface area contributed by atoms with Crippen molar-refractivity contribution in [3.05, 3.63) is 30.0 Å². The number of rotatable bonds is 2. The van der Waals surface area contributed by atoms with Crippen molar-refractivity contribution >= 4 is 26.8 Å². The first kappa shape index (κ1) is 7.80. The molecule has 0 atom stereocenters. The van der Waals surface area contributed by atoms with Crippen LogP contribution in [0, 0.1) is 0 Å². The van der Waals surface area contributed by atoms with Crippen LogP contribution in [-0.4, -0.2) is 15.5 Å². The van der Waals surface area contributed by atoms with E-state index in [0.717, 1.165) is 17.3 Å². The molecule has 0 saturated heterocycles. The Kier molecular flexibility index (Phi) is 2.13. The van der Waals surface area contributed by atoms with Crippen molar-refractivity contribution in [2.75, 3.05) is 5.33 Å². The molecule has 0 bridgehead atoms. The molecule has 0 aliphatic carbocycles. The standard InChI is InChI=1S/C9H9BrN2/c10-5-4-7-2-1-3-8-6-11-12-9(7)8/h1-3,6H,4-5H2,(H,11,12). The predicted molar refractivity (Wildman–Crippen MR) is 53.6 cm³/mol. The first-order valence-corrected chi connectivity index (χ1v) is 5.01. The zero-order valence-corrected chi connectivity index (χ0v) is 8.13. The Balaban J connectivity index is 2.57. The van der Waals surface area contributed by atoms with Gasteiger partial charge in [-0.15, -0.1) is 0 Å². The molecular weight excluding hydrogens is 216 g/mol. The summed E-state index contributed by atoms with van der Waals surface area (Å²) in [5, 5.41) is 9.19. The predicted octanol–water partition coefficient (Wildman–Crippen LogP) is 2.50. The van der Waals surface area contributed by atoms with Crippen LogP contribution in [0.3, 0.4) is 0 Å². The molecule has 1 N–H and O–H groups in total. The summed E-state index contributed by atoms with van der Waals surface area (Å²) < 4.78 is 0. The number of nitrogens with one attached hydrogen (secondary N) is 1. The van der Waals surface area contributed by atoms with Gasteiger partial charge in [-0.25, -0.2) is 0 Å². The summed E-state index contributed by atoms with van der Waals surface area (Å²) in [4.78, 5) is 0.